The number of fused-ring (bicyclic) bond motifs is 8. The van der Waals surface area contributed by atoms with Crippen LogP contribution in [0.5, 0.6) is 23.0 Å². The lowest BCUT2D eigenvalue weighted by molar-refractivity contribution is -0.123. The molecular formula is C94H77N19O16. The lowest BCUT2D eigenvalue weighted by Crippen LogP contribution is -2.54. The average Bonchev–Trinajstić information content (AvgIpc) is 1.63. The number of urea groups is 4. The molecule has 12 aromatic rings. The number of rotatable bonds is 12. The number of aryl methyl sites for hydroxylation is 4. The Morgan fingerprint density at radius 2 is 0.674 bits per heavy atom. The van der Waals surface area contributed by atoms with Crippen molar-refractivity contribution >= 4 is 115 Å². The molecule has 129 heavy (non-hydrogen) atoms. The predicted octanol–water partition coefficient (Wildman–Crippen LogP) is 5.64. The minimum atomic E-state index is -1.56. The summed E-state index contributed by atoms with van der Waals surface area (Å²) in [6, 6.07) is 44.6. The maximum Gasteiger partial charge on any atom is 0.323 e. The molecule has 35 heteroatoms. The van der Waals surface area contributed by atoms with E-state index in [1.807, 2.05) is 144 Å². The van der Waals surface area contributed by atoms with E-state index >= 15 is 0 Å². The standard InChI is InChI=1S/C25H20N4O4.3C23H19N5O4/c1-15-3-5-17-11-16(4-8-21(17)26-15)9-10-25(23(31)27-24(32)28-25)14-29-13-18-6-7-19(33-2)12-20(18)22(29)30;1-27-11-16-9-14(3-6-19(16)26-27)7-8-23(21(30)24-22(31)25-23)13-28-12-15-4-5-17(32-2)10-18(15)20(28)29;1-27-11-16-4-3-14(9-19(16)26-27)7-8-23(21(30)24-22(31)25-23)13-28-12-15-5-6-17(32-2)10-18(15)20(28)29;1-27-19-9-14(3-4-15(19)11-24-27)7-8-23(21(30)25-22(31)26-23)13-28-12-16-5-6-17(32-2)10-18(16)20(28)29/h3-8,11-12H,13-14H2,1-2H3,(H2,27,28,31,32);2*3-6,9-11H,12-13H2,1-2H3,(H2,24,25,30,31);3-6,9-11H,12-13H2,1-2H3,(H2,25,26,30,31)/t25-;3*23-/m1111/s1. The van der Waals surface area contributed by atoms with Gasteiger partial charge in [-0.25, -0.2) is 19.2 Å². The molecule has 4 fully saturated rings. The largest absolute Gasteiger partial charge is 0.497 e. The molecular weight excluding hydrogens is 1650 g/mol. The van der Waals surface area contributed by atoms with Crippen LogP contribution in [0.25, 0.3) is 43.6 Å². The molecule has 8 aromatic carbocycles. The van der Waals surface area contributed by atoms with Crippen LogP contribution >= 0.6 is 0 Å². The molecule has 35 nitrogen and oxygen atoms in total. The van der Waals surface area contributed by atoms with Gasteiger partial charge in [-0.2, -0.15) is 15.3 Å². The number of nitrogens with one attached hydrogen (secondary N) is 8. The minimum Gasteiger partial charge on any atom is -0.497 e. The highest BCUT2D eigenvalue weighted by molar-refractivity contribution is 6.13. The zero-order chi connectivity index (χ0) is 90.5. The summed E-state index contributed by atoms with van der Waals surface area (Å²) in [5.74, 6) is 22.6. The molecule has 8 N–H and O–H groups in total. The molecule has 0 bridgehead atoms. The number of amides is 16. The minimum absolute atomic E-state index is 0.0808. The summed E-state index contributed by atoms with van der Waals surface area (Å²) in [7, 11) is 11.6. The molecule has 20 rings (SSSR count). The third-order valence-corrected chi connectivity index (χ3v) is 22.8. The van der Waals surface area contributed by atoms with Gasteiger partial charge in [0.05, 0.1) is 82.9 Å². The molecule has 16 amide bonds. The highest BCUT2D eigenvalue weighted by Gasteiger charge is 2.53. The Balaban J connectivity index is 0.000000121. The monoisotopic (exact) mass is 1730 g/mol. The van der Waals surface area contributed by atoms with E-state index in [0.717, 1.165) is 71.6 Å². The van der Waals surface area contributed by atoms with Crippen molar-refractivity contribution in [1.29, 1.82) is 0 Å². The van der Waals surface area contributed by atoms with E-state index in [9.17, 15) is 57.5 Å². The fourth-order valence-electron chi connectivity index (χ4n) is 16.1. The number of aromatic nitrogens is 7. The van der Waals surface area contributed by atoms with Gasteiger partial charge < -0.3 is 59.8 Å². The second kappa shape index (κ2) is 33.4. The second-order valence-corrected chi connectivity index (χ2v) is 31.5. The van der Waals surface area contributed by atoms with Crippen molar-refractivity contribution in [2.75, 3.05) is 54.6 Å². The lowest BCUT2D eigenvalue weighted by atomic mass is 9.98. The Morgan fingerprint density at radius 1 is 0.349 bits per heavy atom. The maximum atomic E-state index is 13.0. The highest BCUT2D eigenvalue weighted by atomic mass is 16.5. The summed E-state index contributed by atoms with van der Waals surface area (Å²) in [5, 5.41) is 36.1. The first-order chi connectivity index (χ1) is 62.0. The smallest absolute Gasteiger partial charge is 0.323 e. The van der Waals surface area contributed by atoms with Crippen molar-refractivity contribution in [3.05, 3.63) is 249 Å². The van der Waals surface area contributed by atoms with E-state index in [-0.39, 0.29) is 49.8 Å². The molecule has 0 spiro atoms. The third-order valence-electron chi connectivity index (χ3n) is 22.8. The van der Waals surface area contributed by atoms with Gasteiger partial charge in [-0.15, -0.1) is 0 Å². The van der Waals surface area contributed by atoms with Crippen molar-refractivity contribution in [2.24, 2.45) is 21.1 Å². The van der Waals surface area contributed by atoms with Crippen LogP contribution in [0, 0.1) is 54.3 Å². The number of hydrogen-bond acceptors (Lipinski definition) is 20. The van der Waals surface area contributed by atoms with Gasteiger partial charge >= 0.3 is 24.1 Å². The van der Waals surface area contributed by atoms with Gasteiger partial charge in [0.2, 0.25) is 22.2 Å². The van der Waals surface area contributed by atoms with E-state index < -0.39 is 69.9 Å². The Hall–Kier alpha value is -17.3. The first kappa shape index (κ1) is 83.9. The van der Waals surface area contributed by atoms with Crippen LogP contribution < -0.4 is 61.5 Å². The molecule has 0 saturated carbocycles. The maximum absolute atomic E-state index is 13.0. The first-order valence-electron chi connectivity index (χ1n) is 40.2. The van der Waals surface area contributed by atoms with Gasteiger partial charge in [-0.1, -0.05) is 77.7 Å². The number of ether oxygens (including phenoxy) is 4. The number of imide groups is 4. The van der Waals surface area contributed by atoms with E-state index in [1.54, 1.807) is 74.8 Å². The van der Waals surface area contributed by atoms with Gasteiger partial charge in [0.1, 0.15) is 23.0 Å². The Labute approximate surface area is 734 Å². The van der Waals surface area contributed by atoms with Crippen LogP contribution in [-0.4, -0.2) is 202 Å². The van der Waals surface area contributed by atoms with Gasteiger partial charge in [0.15, 0.2) is 0 Å². The first-order valence-corrected chi connectivity index (χ1v) is 40.2. The van der Waals surface area contributed by atoms with Gasteiger partial charge in [-0.05, 0) is 157 Å². The SMILES string of the molecule is COc1ccc2c(c1)C(=O)N(C[C@@]1(C#Cc3ccc4cn(C)nc4c3)NC(=O)NC1=O)C2.COc1ccc2c(c1)C(=O)N(C[C@@]1(C#Cc3ccc4cnn(C)c4c3)NC(=O)NC1=O)C2.COc1ccc2c(c1)C(=O)N(C[C@@]1(C#Cc3ccc4nc(C)ccc4c3)NC(=O)NC1=O)C2.COc1ccc2c(c1)C(=O)N(C[C@@]1(C#Cc3ccc4nn(C)cc4c3)NC(=O)NC1=O)C2. The number of hydrogen-bond donors (Lipinski definition) is 8. The van der Waals surface area contributed by atoms with Gasteiger partial charge in [-0.3, -0.25) is 78.7 Å². The number of methoxy groups -OCH3 is 4. The normalized spacial score (nSPS) is 19.3. The molecule has 0 unspecified atom stereocenters. The topological polar surface area (TPSA) is 417 Å². The molecule has 0 aliphatic carbocycles. The van der Waals surface area contributed by atoms with E-state index in [0.29, 0.717) is 93.7 Å². The Morgan fingerprint density at radius 3 is 1.05 bits per heavy atom. The Bertz CT molecular complexity index is 6970. The number of nitrogens with zero attached hydrogens (tertiary/aromatic N) is 11. The summed E-state index contributed by atoms with van der Waals surface area (Å²) < 4.78 is 26.0. The quantitative estimate of drug-likeness (QED) is 0.0542. The second-order valence-electron chi connectivity index (χ2n) is 31.5. The molecule has 4 atom stereocenters. The Kier molecular flexibility index (Phi) is 21.7. The summed E-state index contributed by atoms with van der Waals surface area (Å²) in [6.07, 6.45) is 5.52. The summed E-state index contributed by atoms with van der Waals surface area (Å²) in [6.45, 7) is 2.84. The van der Waals surface area contributed by atoms with Crippen molar-refractivity contribution < 1.29 is 76.5 Å². The van der Waals surface area contributed by atoms with Crippen molar-refractivity contribution in [3.63, 3.8) is 0 Å². The van der Waals surface area contributed by atoms with E-state index in [2.05, 4.69) is 110 Å². The number of benzene rings is 8. The summed E-state index contributed by atoms with van der Waals surface area (Å²) in [5.41, 5.74) is 6.02. The highest BCUT2D eigenvalue weighted by Crippen LogP contribution is 2.35. The molecule has 0 radical (unpaired) electrons. The lowest BCUT2D eigenvalue weighted by Gasteiger charge is -2.26. The van der Waals surface area contributed by atoms with E-state index in [4.69, 9.17) is 18.9 Å². The fraction of sp³-hybridized carbons (Fsp3) is 0.213. The van der Waals surface area contributed by atoms with Crippen molar-refractivity contribution in [2.45, 2.75) is 55.3 Å². The summed E-state index contributed by atoms with van der Waals surface area (Å²) >= 11 is 0. The molecule has 644 valence electrons. The van der Waals surface area contributed by atoms with Crippen LogP contribution in [0.4, 0.5) is 19.2 Å². The number of carbonyl (C=O) groups is 12. The van der Waals surface area contributed by atoms with Crippen LogP contribution in [0.1, 0.15) is 91.6 Å². The molecule has 4 saturated heterocycles. The zero-order valence-electron chi connectivity index (χ0n) is 70.4. The van der Waals surface area contributed by atoms with Crippen LogP contribution in [0.2, 0.25) is 0 Å². The van der Waals surface area contributed by atoms with Gasteiger partial charge in [0, 0.05) is 131 Å². The number of carbonyl (C=O) groups excluding carboxylic acids is 12. The summed E-state index contributed by atoms with van der Waals surface area (Å²) in [4.78, 5) is 161. The van der Waals surface area contributed by atoms with Gasteiger partial charge in [0.25, 0.3) is 47.3 Å². The van der Waals surface area contributed by atoms with Crippen LogP contribution in [0.3, 0.4) is 0 Å². The fourth-order valence-corrected chi connectivity index (χ4v) is 16.1. The third kappa shape index (κ3) is 16.6. The van der Waals surface area contributed by atoms with Crippen LogP contribution in [0.15, 0.2) is 176 Å². The van der Waals surface area contributed by atoms with Crippen molar-refractivity contribution in [3.8, 4) is 70.4 Å². The number of pyridine rings is 1. The molecule has 4 aromatic heterocycles. The van der Waals surface area contributed by atoms with Crippen molar-refractivity contribution in [1.82, 2.24) is 96.5 Å². The molecule has 8 aliphatic heterocycles. The zero-order valence-corrected chi connectivity index (χ0v) is 70.4. The van der Waals surface area contributed by atoms with Crippen LogP contribution in [-0.2, 0) is 66.5 Å². The van der Waals surface area contributed by atoms with E-state index in [1.165, 1.54) is 48.0 Å². The molecule has 12 heterocycles. The average molecular weight is 1730 g/mol. The molecule has 8 aliphatic rings. The predicted molar refractivity (Wildman–Crippen MR) is 465 cm³/mol.